The average molecular weight is 595 g/mol. The summed E-state index contributed by atoms with van der Waals surface area (Å²) in [6.45, 7) is -0.456. The quantitative estimate of drug-likeness (QED) is 0.144. The van der Waals surface area contributed by atoms with Gasteiger partial charge in [-0.25, -0.2) is 9.78 Å². The van der Waals surface area contributed by atoms with Gasteiger partial charge in [-0.05, 0) is 79.6 Å². The molecule has 3 fully saturated rings. The monoisotopic (exact) mass is 594 g/mol. The zero-order chi connectivity index (χ0) is 29.8. The molecule has 2 heterocycles. The van der Waals surface area contributed by atoms with Gasteiger partial charge in [0.15, 0.2) is 12.4 Å². The van der Waals surface area contributed by atoms with Gasteiger partial charge in [-0.3, -0.25) is 19.3 Å². The van der Waals surface area contributed by atoms with E-state index in [2.05, 4.69) is 0 Å². The maximum absolute atomic E-state index is 13.3. The zero-order valence-corrected chi connectivity index (χ0v) is 24.0. The van der Waals surface area contributed by atoms with E-state index in [0.717, 1.165) is 19.3 Å². The molecular formula is C34H27ClN2O6. The van der Waals surface area contributed by atoms with Gasteiger partial charge in [0.2, 0.25) is 11.8 Å². The van der Waals surface area contributed by atoms with Crippen molar-refractivity contribution < 1.29 is 28.7 Å². The molecule has 4 unspecified atom stereocenters. The van der Waals surface area contributed by atoms with E-state index in [-0.39, 0.29) is 35.0 Å². The van der Waals surface area contributed by atoms with Crippen LogP contribution in [0.2, 0.25) is 5.02 Å². The number of carbonyl (C=O) groups is 4. The van der Waals surface area contributed by atoms with Crippen LogP contribution in [0.4, 0.5) is 5.69 Å². The Labute approximate surface area is 252 Å². The van der Waals surface area contributed by atoms with Crippen molar-refractivity contribution in [3.05, 3.63) is 88.9 Å². The summed E-state index contributed by atoms with van der Waals surface area (Å²) in [7, 11) is 1.51. The second kappa shape index (κ2) is 10.6. The van der Waals surface area contributed by atoms with Gasteiger partial charge in [0.05, 0.1) is 41.4 Å². The predicted octanol–water partition coefficient (Wildman–Crippen LogP) is 6.14. The molecule has 3 aliphatic rings. The third-order valence-corrected chi connectivity index (χ3v) is 9.30. The highest BCUT2D eigenvalue weighted by Gasteiger charge is 2.61. The summed E-state index contributed by atoms with van der Waals surface area (Å²) in [5.41, 5.74) is 2.80. The van der Waals surface area contributed by atoms with Gasteiger partial charge in [-0.1, -0.05) is 35.9 Å². The molecule has 0 N–H and O–H groups in total. The van der Waals surface area contributed by atoms with E-state index in [4.69, 9.17) is 26.1 Å². The van der Waals surface area contributed by atoms with Gasteiger partial charge in [-0.15, -0.1) is 0 Å². The Morgan fingerprint density at radius 1 is 0.930 bits per heavy atom. The third-order valence-electron chi connectivity index (χ3n) is 9.07. The summed E-state index contributed by atoms with van der Waals surface area (Å²) in [4.78, 5) is 58.7. The van der Waals surface area contributed by atoms with E-state index in [1.165, 1.54) is 12.0 Å². The number of fused-ring (bicyclic) bond motifs is 6. The number of anilines is 1. The lowest BCUT2D eigenvalue weighted by atomic mass is 9.81. The number of pyridine rings is 1. The SMILES string of the molecule is COc1cccc(C(=O)COC(=O)c2cc(-c3ccc(N4C(=O)C5C6CCC(C6)C5C4=O)cc3)nc3ccc(Cl)cc23)c1. The molecule has 2 bridgehead atoms. The van der Waals surface area contributed by atoms with Crippen LogP contribution >= 0.6 is 11.6 Å². The second-order valence-corrected chi connectivity index (χ2v) is 11.8. The Balaban J connectivity index is 1.16. The average Bonchev–Trinajstić information content (AvgIpc) is 3.72. The molecule has 8 nitrogen and oxygen atoms in total. The summed E-state index contributed by atoms with van der Waals surface area (Å²) in [5.74, 6) is -0.483. The molecular weight excluding hydrogens is 568 g/mol. The Bertz CT molecular complexity index is 1790. The Morgan fingerprint density at radius 3 is 2.35 bits per heavy atom. The first-order chi connectivity index (χ1) is 20.8. The fraction of sp³-hybridized carbons (Fsp3) is 0.265. The van der Waals surface area contributed by atoms with Crippen molar-refractivity contribution in [2.45, 2.75) is 19.3 Å². The van der Waals surface area contributed by atoms with Crippen molar-refractivity contribution in [2.24, 2.45) is 23.7 Å². The normalized spacial score (nSPS) is 22.2. The molecule has 4 atom stereocenters. The van der Waals surface area contributed by atoms with Crippen molar-refractivity contribution in [3.63, 3.8) is 0 Å². The van der Waals surface area contributed by atoms with Gasteiger partial charge in [0, 0.05) is 21.5 Å². The van der Waals surface area contributed by atoms with Gasteiger partial charge < -0.3 is 9.47 Å². The Hall–Kier alpha value is -4.56. The number of aromatic nitrogens is 1. The summed E-state index contributed by atoms with van der Waals surface area (Å²) < 4.78 is 10.6. The predicted molar refractivity (Wildman–Crippen MR) is 160 cm³/mol. The van der Waals surface area contributed by atoms with E-state index in [1.54, 1.807) is 72.8 Å². The van der Waals surface area contributed by atoms with Gasteiger partial charge in [0.25, 0.3) is 0 Å². The van der Waals surface area contributed by atoms with Crippen LogP contribution in [0.5, 0.6) is 5.75 Å². The fourth-order valence-electron chi connectivity index (χ4n) is 7.05. The molecule has 2 aliphatic carbocycles. The van der Waals surface area contributed by atoms with Crippen LogP contribution in [0.1, 0.15) is 40.0 Å². The molecule has 0 radical (unpaired) electrons. The first kappa shape index (κ1) is 27.3. The minimum absolute atomic E-state index is 0.0933. The van der Waals surface area contributed by atoms with Crippen molar-refractivity contribution >= 4 is 51.8 Å². The zero-order valence-electron chi connectivity index (χ0n) is 23.3. The number of ether oxygens (including phenoxy) is 2. The number of carbonyl (C=O) groups excluding carboxylic acids is 4. The molecule has 4 aromatic rings. The molecule has 1 saturated heterocycles. The molecule has 9 heteroatoms. The largest absolute Gasteiger partial charge is 0.497 e. The number of benzene rings is 3. The van der Waals surface area contributed by atoms with E-state index in [0.29, 0.717) is 56.0 Å². The highest BCUT2D eigenvalue weighted by molar-refractivity contribution is 6.31. The van der Waals surface area contributed by atoms with Gasteiger partial charge >= 0.3 is 5.97 Å². The van der Waals surface area contributed by atoms with Crippen LogP contribution in [0, 0.1) is 23.7 Å². The highest BCUT2D eigenvalue weighted by atomic mass is 35.5. The Kier molecular flexibility index (Phi) is 6.73. The first-order valence-corrected chi connectivity index (χ1v) is 14.6. The summed E-state index contributed by atoms with van der Waals surface area (Å²) in [5, 5.41) is 0.909. The molecule has 7 rings (SSSR count). The maximum atomic E-state index is 13.3. The van der Waals surface area contributed by atoms with E-state index in [1.807, 2.05) is 0 Å². The first-order valence-electron chi connectivity index (χ1n) is 14.3. The lowest BCUT2D eigenvalue weighted by Gasteiger charge is -2.19. The molecule has 2 amide bonds. The van der Waals surface area contributed by atoms with Crippen LogP contribution in [0.3, 0.4) is 0 Å². The fourth-order valence-corrected chi connectivity index (χ4v) is 7.22. The minimum atomic E-state index is -0.696. The minimum Gasteiger partial charge on any atom is -0.497 e. The molecule has 43 heavy (non-hydrogen) atoms. The molecule has 0 spiro atoms. The van der Waals surface area contributed by atoms with Gasteiger partial charge in [0.1, 0.15) is 5.75 Å². The number of methoxy groups -OCH3 is 1. The lowest BCUT2D eigenvalue weighted by Crippen LogP contribution is -2.32. The van der Waals surface area contributed by atoms with Crippen LogP contribution in [-0.4, -0.2) is 42.3 Å². The summed E-state index contributed by atoms with van der Waals surface area (Å²) in [6.07, 6.45) is 3.03. The van der Waals surface area contributed by atoms with Crippen molar-refractivity contribution in [3.8, 4) is 17.0 Å². The number of hydrogen-bond acceptors (Lipinski definition) is 7. The number of amides is 2. The van der Waals surface area contributed by atoms with Crippen LogP contribution < -0.4 is 9.64 Å². The maximum Gasteiger partial charge on any atom is 0.339 e. The van der Waals surface area contributed by atoms with E-state index < -0.39 is 12.6 Å². The number of Topliss-reactive ketones (excluding diaryl/α,β-unsaturated/α-hetero) is 1. The number of hydrogen-bond donors (Lipinski definition) is 0. The van der Waals surface area contributed by atoms with Crippen LogP contribution in [0.15, 0.2) is 72.8 Å². The molecule has 1 aliphatic heterocycles. The topological polar surface area (TPSA) is 103 Å². The number of rotatable bonds is 7. The molecule has 216 valence electrons. The second-order valence-electron chi connectivity index (χ2n) is 11.4. The van der Waals surface area contributed by atoms with Crippen molar-refractivity contribution in [1.82, 2.24) is 4.98 Å². The summed E-state index contributed by atoms with van der Waals surface area (Å²) in [6, 6.07) is 20.3. The number of imide groups is 1. The number of halogens is 1. The Morgan fingerprint density at radius 2 is 1.65 bits per heavy atom. The molecule has 3 aromatic carbocycles. The van der Waals surface area contributed by atoms with Crippen molar-refractivity contribution in [1.29, 1.82) is 0 Å². The standard InChI is InChI=1S/C34H27ClN2O6/c1-42-24-4-2-3-19(14-24)29(38)17-43-34(41)26-16-28(36-27-12-9-22(35)15-25(26)27)18-7-10-23(11-8-18)37-32(39)30-20-5-6-21(13-20)31(30)33(37)40/h2-4,7-12,14-16,20-21,30-31H,5-6,13,17H2,1H3. The van der Waals surface area contributed by atoms with E-state index >= 15 is 0 Å². The van der Waals surface area contributed by atoms with Crippen LogP contribution in [0.25, 0.3) is 22.2 Å². The van der Waals surface area contributed by atoms with Crippen molar-refractivity contribution in [2.75, 3.05) is 18.6 Å². The highest BCUT2D eigenvalue weighted by Crippen LogP contribution is 2.56. The number of ketones is 1. The third kappa shape index (κ3) is 4.66. The van der Waals surface area contributed by atoms with Crippen LogP contribution in [-0.2, 0) is 14.3 Å². The molecule has 1 aromatic heterocycles. The smallest absolute Gasteiger partial charge is 0.339 e. The van der Waals surface area contributed by atoms with Gasteiger partial charge in [-0.2, -0.15) is 0 Å². The van der Waals surface area contributed by atoms with E-state index in [9.17, 15) is 19.2 Å². The molecule has 2 saturated carbocycles. The number of esters is 1. The summed E-state index contributed by atoms with van der Waals surface area (Å²) >= 11 is 6.24. The lowest BCUT2D eigenvalue weighted by molar-refractivity contribution is -0.123. The number of nitrogens with zero attached hydrogens (tertiary/aromatic N) is 2.